The predicted octanol–water partition coefficient (Wildman–Crippen LogP) is 3.35. The van der Waals surface area contributed by atoms with E-state index in [-0.39, 0.29) is 12.2 Å². The first-order chi connectivity index (χ1) is 9.63. The molecule has 0 aliphatic heterocycles. The van der Waals surface area contributed by atoms with Crippen LogP contribution in [-0.4, -0.2) is 6.54 Å². The lowest BCUT2D eigenvalue weighted by molar-refractivity contribution is 0.287. The maximum Gasteiger partial charge on any atom is 0.132 e. The summed E-state index contributed by atoms with van der Waals surface area (Å²) in [6.45, 7) is 2.25. The van der Waals surface area contributed by atoms with Crippen LogP contribution in [0.2, 0.25) is 0 Å². The molecule has 2 aromatic carbocycles. The number of ether oxygens (including phenoxy) is 1. The van der Waals surface area contributed by atoms with E-state index in [0.717, 1.165) is 11.1 Å². The normalized spacial score (nSPS) is 10.6. The number of halogens is 2. The van der Waals surface area contributed by atoms with E-state index in [4.69, 9.17) is 10.5 Å². The fourth-order valence-corrected chi connectivity index (χ4v) is 2.09. The summed E-state index contributed by atoms with van der Waals surface area (Å²) < 4.78 is 32.8. The van der Waals surface area contributed by atoms with Crippen molar-refractivity contribution in [2.75, 3.05) is 6.54 Å². The lowest BCUT2D eigenvalue weighted by Crippen LogP contribution is -2.08. The average Bonchev–Trinajstić information content (AvgIpc) is 2.41. The van der Waals surface area contributed by atoms with Gasteiger partial charge in [-0.15, -0.1) is 0 Å². The minimum atomic E-state index is -0.598. The molecule has 0 aliphatic carbocycles. The molecular formula is C16H17F2NO. The summed E-state index contributed by atoms with van der Waals surface area (Å²) >= 11 is 0. The highest BCUT2D eigenvalue weighted by Crippen LogP contribution is 2.25. The Bertz CT molecular complexity index is 579. The van der Waals surface area contributed by atoms with Gasteiger partial charge in [0.05, 0.1) is 5.56 Å². The largest absolute Gasteiger partial charge is 0.488 e. The number of aryl methyl sites for hydroxylation is 1. The Balaban J connectivity index is 2.23. The number of nitrogens with two attached hydrogens (primary N) is 1. The Morgan fingerprint density at radius 2 is 1.70 bits per heavy atom. The van der Waals surface area contributed by atoms with Crippen LogP contribution in [0.4, 0.5) is 8.78 Å². The van der Waals surface area contributed by atoms with E-state index in [9.17, 15) is 8.78 Å². The highest BCUT2D eigenvalue weighted by atomic mass is 19.1. The molecule has 0 heterocycles. The first-order valence-corrected chi connectivity index (χ1v) is 6.47. The number of hydrogen-bond acceptors (Lipinski definition) is 2. The minimum Gasteiger partial charge on any atom is -0.488 e. The zero-order valence-electron chi connectivity index (χ0n) is 11.3. The Kier molecular flexibility index (Phi) is 4.69. The van der Waals surface area contributed by atoms with Crippen LogP contribution in [0.3, 0.4) is 0 Å². The first-order valence-electron chi connectivity index (χ1n) is 6.47. The molecule has 0 radical (unpaired) electrons. The van der Waals surface area contributed by atoms with Crippen LogP contribution in [0.25, 0.3) is 0 Å². The van der Waals surface area contributed by atoms with E-state index in [2.05, 4.69) is 0 Å². The molecule has 2 N–H and O–H groups in total. The minimum absolute atomic E-state index is 0.0607. The Morgan fingerprint density at radius 3 is 2.35 bits per heavy atom. The number of benzene rings is 2. The lowest BCUT2D eigenvalue weighted by Gasteiger charge is -2.14. The van der Waals surface area contributed by atoms with Gasteiger partial charge in [0.25, 0.3) is 0 Å². The maximum atomic E-state index is 13.6. The lowest BCUT2D eigenvalue weighted by atomic mass is 10.1. The van der Waals surface area contributed by atoms with Crippen LogP contribution in [-0.2, 0) is 13.0 Å². The molecule has 0 bridgehead atoms. The highest BCUT2D eigenvalue weighted by Gasteiger charge is 2.12. The summed E-state index contributed by atoms with van der Waals surface area (Å²) in [4.78, 5) is 0. The van der Waals surface area contributed by atoms with E-state index >= 15 is 0 Å². The summed E-state index contributed by atoms with van der Waals surface area (Å²) in [6, 6.07) is 9.50. The van der Waals surface area contributed by atoms with Gasteiger partial charge >= 0.3 is 0 Å². The highest BCUT2D eigenvalue weighted by molar-refractivity contribution is 5.41. The number of hydrogen-bond donors (Lipinski definition) is 1. The Hall–Kier alpha value is -1.94. The van der Waals surface area contributed by atoms with Gasteiger partial charge in [0, 0.05) is 0 Å². The Morgan fingerprint density at radius 1 is 1.05 bits per heavy atom. The van der Waals surface area contributed by atoms with Crippen LogP contribution in [0.5, 0.6) is 5.75 Å². The van der Waals surface area contributed by atoms with Crippen molar-refractivity contribution in [1.82, 2.24) is 0 Å². The van der Waals surface area contributed by atoms with Crippen molar-refractivity contribution in [3.05, 3.63) is 64.7 Å². The summed E-state index contributed by atoms with van der Waals surface area (Å²) in [6.07, 6.45) is 0.663. The van der Waals surface area contributed by atoms with Crippen molar-refractivity contribution in [1.29, 1.82) is 0 Å². The molecule has 0 aliphatic rings. The molecule has 0 amide bonds. The molecule has 0 spiro atoms. The topological polar surface area (TPSA) is 35.2 Å². The molecule has 0 saturated heterocycles. The Labute approximate surface area is 117 Å². The molecule has 20 heavy (non-hydrogen) atoms. The van der Waals surface area contributed by atoms with E-state index in [0.29, 0.717) is 18.7 Å². The summed E-state index contributed by atoms with van der Waals surface area (Å²) in [7, 11) is 0. The van der Waals surface area contributed by atoms with Gasteiger partial charge < -0.3 is 10.5 Å². The molecule has 4 heteroatoms. The van der Waals surface area contributed by atoms with Gasteiger partial charge in [-0.1, -0.05) is 24.3 Å². The third kappa shape index (κ3) is 3.14. The molecule has 2 aromatic rings. The smallest absolute Gasteiger partial charge is 0.132 e. The number of rotatable bonds is 5. The zero-order chi connectivity index (χ0) is 14.5. The third-order valence-corrected chi connectivity index (χ3v) is 3.13. The fourth-order valence-electron chi connectivity index (χ4n) is 2.09. The van der Waals surface area contributed by atoms with Crippen molar-refractivity contribution in [3.8, 4) is 5.75 Å². The van der Waals surface area contributed by atoms with Gasteiger partial charge in [-0.05, 0) is 43.1 Å². The van der Waals surface area contributed by atoms with E-state index in [1.54, 1.807) is 0 Å². The van der Waals surface area contributed by atoms with Gasteiger partial charge in [-0.3, -0.25) is 0 Å². The molecule has 0 unspecified atom stereocenters. The van der Waals surface area contributed by atoms with Gasteiger partial charge in [0.2, 0.25) is 0 Å². The van der Waals surface area contributed by atoms with Crippen molar-refractivity contribution in [3.63, 3.8) is 0 Å². The van der Waals surface area contributed by atoms with Crippen molar-refractivity contribution in [2.24, 2.45) is 5.73 Å². The average molecular weight is 277 g/mol. The molecule has 106 valence electrons. The van der Waals surface area contributed by atoms with Crippen LogP contribution in [0.15, 0.2) is 36.4 Å². The van der Waals surface area contributed by atoms with Gasteiger partial charge in [-0.2, -0.15) is 0 Å². The quantitative estimate of drug-likeness (QED) is 0.909. The SMILES string of the molecule is Cc1cccc(CCN)c1OCc1c(F)cccc1F. The van der Waals surface area contributed by atoms with Crippen LogP contribution in [0.1, 0.15) is 16.7 Å². The van der Waals surface area contributed by atoms with Crippen molar-refractivity contribution >= 4 is 0 Å². The van der Waals surface area contributed by atoms with E-state index in [1.165, 1.54) is 18.2 Å². The summed E-state index contributed by atoms with van der Waals surface area (Å²) in [5, 5.41) is 0. The number of para-hydroxylation sites is 1. The van der Waals surface area contributed by atoms with E-state index < -0.39 is 11.6 Å². The second-order valence-corrected chi connectivity index (χ2v) is 4.59. The molecule has 0 fully saturated rings. The summed E-state index contributed by atoms with van der Waals surface area (Å²) in [5.74, 6) is -0.543. The van der Waals surface area contributed by atoms with Crippen LogP contribution >= 0.6 is 0 Å². The van der Waals surface area contributed by atoms with E-state index in [1.807, 2.05) is 25.1 Å². The zero-order valence-corrected chi connectivity index (χ0v) is 11.3. The first kappa shape index (κ1) is 14.5. The summed E-state index contributed by atoms with van der Waals surface area (Å²) in [5.41, 5.74) is 7.37. The monoisotopic (exact) mass is 277 g/mol. The van der Waals surface area contributed by atoms with Crippen molar-refractivity contribution in [2.45, 2.75) is 20.0 Å². The second kappa shape index (κ2) is 6.48. The third-order valence-electron chi connectivity index (χ3n) is 3.13. The van der Waals surface area contributed by atoms with Crippen molar-refractivity contribution < 1.29 is 13.5 Å². The molecule has 0 saturated carbocycles. The molecular weight excluding hydrogens is 260 g/mol. The molecule has 2 rings (SSSR count). The maximum absolute atomic E-state index is 13.6. The second-order valence-electron chi connectivity index (χ2n) is 4.59. The van der Waals surface area contributed by atoms with Gasteiger partial charge in [0.1, 0.15) is 24.0 Å². The van der Waals surface area contributed by atoms with Gasteiger partial charge in [0.15, 0.2) is 0 Å². The van der Waals surface area contributed by atoms with Crippen LogP contribution < -0.4 is 10.5 Å². The molecule has 0 atom stereocenters. The molecule has 2 nitrogen and oxygen atoms in total. The molecule has 0 aromatic heterocycles. The fraction of sp³-hybridized carbons (Fsp3) is 0.250. The van der Waals surface area contributed by atoms with Gasteiger partial charge in [-0.25, -0.2) is 8.78 Å². The predicted molar refractivity (Wildman–Crippen MR) is 74.6 cm³/mol. The van der Waals surface area contributed by atoms with Crippen LogP contribution in [0, 0.1) is 18.6 Å². The standard InChI is InChI=1S/C16H17F2NO/c1-11-4-2-5-12(8-9-19)16(11)20-10-13-14(17)6-3-7-15(13)18/h2-7H,8-10,19H2,1H3.